The van der Waals surface area contributed by atoms with Gasteiger partial charge in [0.05, 0.1) is 0 Å². The minimum atomic E-state index is -0.249. The molecule has 1 aromatic carbocycles. The Morgan fingerprint density at radius 3 is 2.75 bits per heavy atom. The van der Waals surface area contributed by atoms with Gasteiger partial charge < -0.3 is 10.2 Å². The first kappa shape index (κ1) is 18.1. The summed E-state index contributed by atoms with van der Waals surface area (Å²) in [6.45, 7) is 1.16. The van der Waals surface area contributed by atoms with E-state index >= 15 is 0 Å². The lowest BCUT2D eigenvalue weighted by Gasteiger charge is -2.25. The highest BCUT2D eigenvalue weighted by Crippen LogP contribution is 2.23. The molecule has 28 heavy (non-hydrogen) atoms. The first-order chi connectivity index (χ1) is 13.6. The number of fused-ring (bicyclic) bond motifs is 1. The van der Waals surface area contributed by atoms with Gasteiger partial charge in [-0.3, -0.25) is 9.59 Å². The normalized spacial score (nSPS) is 16.5. The fourth-order valence-electron chi connectivity index (χ4n) is 3.43. The molecule has 0 saturated heterocycles. The molecule has 0 spiro atoms. The van der Waals surface area contributed by atoms with Crippen LogP contribution in [0.15, 0.2) is 48.7 Å². The van der Waals surface area contributed by atoms with Crippen molar-refractivity contribution in [3.05, 3.63) is 71.2 Å². The summed E-state index contributed by atoms with van der Waals surface area (Å²) in [5.41, 5.74) is 3.95. The topological polar surface area (TPSA) is 62.3 Å². The Balaban J connectivity index is 1.39. The number of nitrogens with one attached hydrogen (secondary N) is 1. The second-order valence-corrected chi connectivity index (χ2v) is 6.93. The van der Waals surface area contributed by atoms with Crippen LogP contribution < -0.4 is 5.32 Å². The lowest BCUT2D eigenvalue weighted by molar-refractivity contribution is -0.125. The van der Waals surface area contributed by atoms with E-state index in [0.29, 0.717) is 31.7 Å². The summed E-state index contributed by atoms with van der Waals surface area (Å²) in [5.74, 6) is 0.285. The Morgan fingerprint density at radius 1 is 1.18 bits per heavy atom. The number of rotatable bonds is 3. The van der Waals surface area contributed by atoms with Crippen LogP contribution in [0, 0.1) is 5.82 Å². The second kappa shape index (κ2) is 7.76. The number of halogens is 1. The van der Waals surface area contributed by atoms with Crippen LogP contribution in [0.2, 0.25) is 0 Å². The standard InChI is InChI=1S/C22H20FN3O2/c23-19-5-2-16(3-6-19)17-9-11-26(12-10-17)21(28)8-1-15-13-18-4-7-20(27)25-22(18)24-14-15/h1-3,5-6,8-9,13-14H,4,7,10-12H2,(H,24,25,27). The number of pyridine rings is 1. The average Bonchev–Trinajstić information content (AvgIpc) is 2.72. The summed E-state index contributed by atoms with van der Waals surface area (Å²) in [4.78, 5) is 29.9. The molecule has 3 heterocycles. The van der Waals surface area contributed by atoms with Gasteiger partial charge >= 0.3 is 0 Å². The zero-order valence-electron chi connectivity index (χ0n) is 15.3. The van der Waals surface area contributed by atoms with Gasteiger partial charge in [0.25, 0.3) is 0 Å². The quantitative estimate of drug-likeness (QED) is 0.834. The van der Waals surface area contributed by atoms with Crippen molar-refractivity contribution in [1.29, 1.82) is 0 Å². The Labute approximate surface area is 162 Å². The second-order valence-electron chi connectivity index (χ2n) is 6.93. The summed E-state index contributed by atoms with van der Waals surface area (Å²) in [7, 11) is 0. The first-order valence-corrected chi connectivity index (χ1v) is 9.29. The summed E-state index contributed by atoms with van der Waals surface area (Å²) in [6.07, 6.45) is 8.84. The number of hydrogen-bond donors (Lipinski definition) is 1. The minimum Gasteiger partial charge on any atom is -0.335 e. The van der Waals surface area contributed by atoms with Gasteiger partial charge in [-0.15, -0.1) is 0 Å². The van der Waals surface area contributed by atoms with E-state index in [0.717, 1.165) is 28.7 Å². The monoisotopic (exact) mass is 377 g/mol. The average molecular weight is 377 g/mol. The molecule has 0 radical (unpaired) electrons. The number of carbonyl (C=O) groups is 2. The number of benzene rings is 1. The molecular weight excluding hydrogens is 357 g/mol. The van der Waals surface area contributed by atoms with Crippen molar-refractivity contribution in [3.63, 3.8) is 0 Å². The van der Waals surface area contributed by atoms with E-state index in [1.165, 1.54) is 12.1 Å². The molecule has 5 nitrogen and oxygen atoms in total. The maximum Gasteiger partial charge on any atom is 0.246 e. The van der Waals surface area contributed by atoms with Gasteiger partial charge in [0, 0.05) is 31.8 Å². The number of amides is 2. The summed E-state index contributed by atoms with van der Waals surface area (Å²) in [6, 6.07) is 8.39. The van der Waals surface area contributed by atoms with E-state index in [4.69, 9.17) is 0 Å². The van der Waals surface area contributed by atoms with Gasteiger partial charge in [0.1, 0.15) is 11.6 Å². The molecule has 0 unspecified atom stereocenters. The SMILES string of the molecule is O=C1CCc2cc(C=CC(=O)N3CC=C(c4ccc(F)cc4)CC3)cnc2N1. The van der Waals surface area contributed by atoms with Crippen LogP contribution in [0.25, 0.3) is 11.6 Å². The van der Waals surface area contributed by atoms with Crippen molar-refractivity contribution in [2.45, 2.75) is 19.3 Å². The van der Waals surface area contributed by atoms with E-state index < -0.39 is 0 Å². The molecule has 1 aromatic heterocycles. The minimum absolute atomic E-state index is 0.0170. The van der Waals surface area contributed by atoms with Crippen LogP contribution in [0.5, 0.6) is 0 Å². The number of nitrogens with zero attached hydrogens (tertiary/aromatic N) is 2. The van der Waals surface area contributed by atoms with Gasteiger partial charge in [0.15, 0.2) is 0 Å². The van der Waals surface area contributed by atoms with E-state index in [9.17, 15) is 14.0 Å². The highest BCUT2D eigenvalue weighted by atomic mass is 19.1. The fourth-order valence-corrected chi connectivity index (χ4v) is 3.43. The maximum atomic E-state index is 13.1. The number of carbonyl (C=O) groups excluding carboxylic acids is 2. The molecule has 1 N–H and O–H groups in total. The lowest BCUT2D eigenvalue weighted by atomic mass is 9.99. The van der Waals surface area contributed by atoms with Gasteiger partial charge in [-0.2, -0.15) is 0 Å². The summed E-state index contributed by atoms with van der Waals surface area (Å²) in [5, 5.41) is 2.75. The highest BCUT2D eigenvalue weighted by molar-refractivity contribution is 5.94. The third-order valence-corrected chi connectivity index (χ3v) is 5.02. The van der Waals surface area contributed by atoms with Crippen molar-refractivity contribution < 1.29 is 14.0 Å². The molecule has 2 aliphatic heterocycles. The van der Waals surface area contributed by atoms with Crippen molar-refractivity contribution in [3.8, 4) is 0 Å². The van der Waals surface area contributed by atoms with Crippen molar-refractivity contribution >= 4 is 29.3 Å². The Hall–Kier alpha value is -3.28. The van der Waals surface area contributed by atoms with Gasteiger partial charge in [-0.05, 0) is 59.4 Å². The largest absolute Gasteiger partial charge is 0.335 e. The number of aromatic nitrogens is 1. The molecule has 2 aliphatic rings. The molecular formula is C22H20FN3O2. The molecule has 0 saturated carbocycles. The van der Waals surface area contributed by atoms with Gasteiger partial charge in [-0.25, -0.2) is 9.37 Å². The highest BCUT2D eigenvalue weighted by Gasteiger charge is 2.17. The fraction of sp³-hybridized carbons (Fsp3) is 0.227. The van der Waals surface area contributed by atoms with Crippen LogP contribution in [0.1, 0.15) is 29.5 Å². The molecule has 4 rings (SSSR count). The third-order valence-electron chi connectivity index (χ3n) is 5.02. The van der Waals surface area contributed by atoms with Gasteiger partial charge in [-0.1, -0.05) is 18.2 Å². The maximum absolute atomic E-state index is 13.1. The zero-order valence-corrected chi connectivity index (χ0v) is 15.3. The van der Waals surface area contributed by atoms with Crippen molar-refractivity contribution in [1.82, 2.24) is 9.88 Å². The zero-order chi connectivity index (χ0) is 19.5. The van der Waals surface area contributed by atoms with Crippen molar-refractivity contribution in [2.75, 3.05) is 18.4 Å². The van der Waals surface area contributed by atoms with Crippen LogP contribution in [-0.4, -0.2) is 34.8 Å². The lowest BCUT2D eigenvalue weighted by Crippen LogP contribution is -2.33. The smallest absolute Gasteiger partial charge is 0.246 e. The Kier molecular flexibility index (Phi) is 5.02. The Bertz CT molecular complexity index is 980. The molecule has 6 heteroatoms. The van der Waals surface area contributed by atoms with E-state index in [1.807, 2.05) is 12.1 Å². The van der Waals surface area contributed by atoms with Crippen LogP contribution in [0.4, 0.5) is 10.2 Å². The molecule has 2 aromatic rings. The van der Waals surface area contributed by atoms with Gasteiger partial charge in [0.2, 0.25) is 11.8 Å². The third kappa shape index (κ3) is 4.01. The summed E-state index contributed by atoms with van der Waals surface area (Å²) < 4.78 is 13.1. The molecule has 142 valence electrons. The molecule has 0 fully saturated rings. The van der Waals surface area contributed by atoms with Crippen LogP contribution in [-0.2, 0) is 16.0 Å². The first-order valence-electron chi connectivity index (χ1n) is 9.29. The Morgan fingerprint density at radius 2 is 2.00 bits per heavy atom. The van der Waals surface area contributed by atoms with E-state index in [2.05, 4.69) is 10.3 Å². The van der Waals surface area contributed by atoms with Crippen LogP contribution in [0.3, 0.4) is 0 Å². The van der Waals surface area contributed by atoms with E-state index in [1.54, 1.807) is 35.4 Å². The van der Waals surface area contributed by atoms with Crippen LogP contribution >= 0.6 is 0 Å². The number of aryl methyl sites for hydroxylation is 1. The van der Waals surface area contributed by atoms with E-state index in [-0.39, 0.29) is 17.6 Å². The number of hydrogen-bond acceptors (Lipinski definition) is 3. The molecule has 0 aliphatic carbocycles. The number of anilines is 1. The van der Waals surface area contributed by atoms with Crippen molar-refractivity contribution in [2.24, 2.45) is 0 Å². The predicted molar refractivity (Wildman–Crippen MR) is 106 cm³/mol. The predicted octanol–water partition coefficient (Wildman–Crippen LogP) is 3.43. The summed E-state index contributed by atoms with van der Waals surface area (Å²) >= 11 is 0. The molecule has 0 atom stereocenters. The molecule has 2 amide bonds. The molecule has 0 bridgehead atoms.